The second-order valence-corrected chi connectivity index (χ2v) is 30.3. The molecule has 0 aromatic heterocycles. The number of rotatable bonds is 69. The van der Waals surface area contributed by atoms with Gasteiger partial charge in [0.25, 0.3) is 0 Å². The van der Waals surface area contributed by atoms with Crippen LogP contribution < -0.4 is 0 Å². The Kier molecular flexibility index (Phi) is 60.3. The van der Waals surface area contributed by atoms with Gasteiger partial charge >= 0.3 is 39.5 Å². The normalized spacial score (nSPS) is 14.8. The van der Waals surface area contributed by atoms with Gasteiger partial charge in [-0.1, -0.05) is 306 Å². The number of hydrogen-bond acceptors (Lipinski definition) is 15. The van der Waals surface area contributed by atoms with Crippen molar-refractivity contribution in [2.24, 2.45) is 23.7 Å². The number of aliphatic hydroxyl groups is 1. The van der Waals surface area contributed by atoms with Crippen LogP contribution in [-0.4, -0.2) is 96.7 Å². The Balaban J connectivity index is 5.13. The minimum Gasteiger partial charge on any atom is -0.462 e. The maximum absolute atomic E-state index is 13.0. The second-order valence-electron chi connectivity index (χ2n) is 27.4. The Labute approximate surface area is 556 Å². The Bertz CT molecular complexity index is 1800. The summed E-state index contributed by atoms with van der Waals surface area (Å²) >= 11 is 0. The second kappa shape index (κ2) is 61.6. The SMILES string of the molecule is CCC(C)CCCCCCCCCCCCCCCCCCCCC(=O)O[C@H](COC(=O)CCCCCCCCCC(C)C)COP(=O)(O)OC[C@@H](O)COP(=O)(O)OC[C@@H](COC(=O)CCCCCCCCC(C)CC)OC(=O)CCCCCCCCC(C)C. The summed E-state index contributed by atoms with van der Waals surface area (Å²) in [7, 11) is -9.90. The number of phosphoric acid groups is 2. The third-order valence-electron chi connectivity index (χ3n) is 17.3. The molecule has 3 N–H and O–H groups in total. The summed E-state index contributed by atoms with van der Waals surface area (Å²) < 4.78 is 68.2. The smallest absolute Gasteiger partial charge is 0.462 e. The van der Waals surface area contributed by atoms with E-state index in [1.165, 1.54) is 148 Å². The van der Waals surface area contributed by atoms with E-state index in [4.69, 9.17) is 37.0 Å². The zero-order valence-corrected chi connectivity index (χ0v) is 61.3. The third-order valence-corrected chi connectivity index (χ3v) is 19.2. The van der Waals surface area contributed by atoms with Crippen LogP contribution in [0.15, 0.2) is 0 Å². The van der Waals surface area contributed by atoms with Gasteiger partial charge in [-0.15, -0.1) is 0 Å². The number of aliphatic hydroxyl groups excluding tert-OH is 1. The molecule has 4 unspecified atom stereocenters. The molecule has 0 spiro atoms. The predicted octanol–water partition coefficient (Wildman–Crippen LogP) is 20.5. The monoisotopic (exact) mass is 1340 g/mol. The van der Waals surface area contributed by atoms with E-state index in [9.17, 15) is 43.2 Å². The van der Waals surface area contributed by atoms with E-state index in [1.807, 2.05) is 0 Å². The van der Waals surface area contributed by atoms with Crippen LogP contribution >= 0.6 is 15.6 Å². The quantitative estimate of drug-likeness (QED) is 0.0222. The van der Waals surface area contributed by atoms with Gasteiger partial charge in [0.05, 0.1) is 26.4 Å². The Morgan fingerprint density at radius 2 is 0.527 bits per heavy atom. The van der Waals surface area contributed by atoms with Gasteiger partial charge in [0.2, 0.25) is 0 Å². The average Bonchev–Trinajstić information content (AvgIpc) is 2.81. The first-order valence-corrected chi connectivity index (χ1v) is 40.3. The van der Waals surface area contributed by atoms with Crippen LogP contribution in [0.1, 0.15) is 357 Å². The fraction of sp³-hybridized carbons (Fsp3) is 0.944. The molecule has 0 aromatic carbocycles. The van der Waals surface area contributed by atoms with Crippen LogP contribution in [0.4, 0.5) is 0 Å². The highest BCUT2D eigenvalue weighted by Crippen LogP contribution is 2.45. The van der Waals surface area contributed by atoms with Crippen molar-refractivity contribution >= 4 is 39.5 Å². The van der Waals surface area contributed by atoms with Gasteiger partial charge in [0.15, 0.2) is 12.2 Å². The van der Waals surface area contributed by atoms with Crippen LogP contribution in [0.3, 0.4) is 0 Å². The molecule has 19 heteroatoms. The fourth-order valence-electron chi connectivity index (χ4n) is 10.8. The van der Waals surface area contributed by atoms with Gasteiger partial charge in [-0.2, -0.15) is 0 Å². The van der Waals surface area contributed by atoms with Crippen molar-refractivity contribution < 1.29 is 80.2 Å². The van der Waals surface area contributed by atoms with Crippen molar-refractivity contribution in [2.75, 3.05) is 39.6 Å². The molecule has 0 bridgehead atoms. The number of unbranched alkanes of at least 4 members (excludes halogenated alkanes) is 33. The standard InChI is InChI=1S/C72H140O17P2/c1-9-64(7)50-42-34-25-21-19-17-15-13-11-12-14-16-18-20-22-26-38-46-54-71(76)88-67(58-82-69(74)52-44-36-27-23-24-32-40-48-62(3)4)60-86-90(78,79)84-56-66(73)57-85-91(80,81)87-61-68(89-72(77)55-47-39-30-28-33-41-49-63(5)6)59-83-70(75)53-45-37-31-29-35-43-51-65(8)10-2/h62-68,73H,9-61H2,1-8H3,(H,78,79)(H,80,81)/t64?,65?,66-,67-,68-/m1/s1. The molecule has 0 saturated carbocycles. The van der Waals surface area contributed by atoms with Crippen molar-refractivity contribution in [2.45, 2.75) is 375 Å². The molecule has 0 aliphatic rings. The van der Waals surface area contributed by atoms with Gasteiger partial charge < -0.3 is 33.8 Å². The van der Waals surface area contributed by atoms with Crippen molar-refractivity contribution in [1.29, 1.82) is 0 Å². The largest absolute Gasteiger partial charge is 0.472 e. The first-order chi connectivity index (χ1) is 43.7. The molecule has 0 aliphatic heterocycles. The van der Waals surface area contributed by atoms with Gasteiger partial charge in [-0.05, 0) is 49.4 Å². The van der Waals surface area contributed by atoms with Crippen LogP contribution in [0.25, 0.3) is 0 Å². The molecule has 7 atom stereocenters. The van der Waals surface area contributed by atoms with E-state index in [2.05, 4.69) is 55.4 Å². The van der Waals surface area contributed by atoms with Crippen molar-refractivity contribution in [3.05, 3.63) is 0 Å². The summed E-state index contributed by atoms with van der Waals surface area (Å²) in [5, 5.41) is 10.6. The summed E-state index contributed by atoms with van der Waals surface area (Å²) in [6, 6.07) is 0. The lowest BCUT2D eigenvalue weighted by molar-refractivity contribution is -0.161. The molecule has 91 heavy (non-hydrogen) atoms. The van der Waals surface area contributed by atoms with E-state index in [0.717, 1.165) is 115 Å². The summed E-state index contributed by atoms with van der Waals surface area (Å²) in [5.41, 5.74) is 0. The molecule has 0 heterocycles. The molecule has 0 amide bonds. The number of hydrogen-bond donors (Lipinski definition) is 3. The van der Waals surface area contributed by atoms with E-state index in [0.29, 0.717) is 37.5 Å². The highest BCUT2D eigenvalue weighted by molar-refractivity contribution is 7.47. The number of carbonyl (C=O) groups is 4. The van der Waals surface area contributed by atoms with Crippen molar-refractivity contribution in [3.8, 4) is 0 Å². The maximum Gasteiger partial charge on any atom is 0.472 e. The average molecular weight is 1340 g/mol. The lowest BCUT2D eigenvalue weighted by Crippen LogP contribution is -2.30. The molecular formula is C72H140O17P2. The number of carbonyl (C=O) groups excluding carboxylic acids is 4. The third kappa shape index (κ3) is 63.9. The zero-order valence-electron chi connectivity index (χ0n) is 59.5. The van der Waals surface area contributed by atoms with E-state index >= 15 is 0 Å². The van der Waals surface area contributed by atoms with Gasteiger partial charge in [0, 0.05) is 25.7 Å². The van der Waals surface area contributed by atoms with Crippen LogP contribution in [0.5, 0.6) is 0 Å². The van der Waals surface area contributed by atoms with Crippen LogP contribution in [0, 0.1) is 23.7 Å². The molecule has 17 nitrogen and oxygen atoms in total. The van der Waals surface area contributed by atoms with Gasteiger partial charge in [-0.25, -0.2) is 9.13 Å². The van der Waals surface area contributed by atoms with Crippen LogP contribution in [-0.2, 0) is 65.4 Å². The van der Waals surface area contributed by atoms with E-state index in [-0.39, 0.29) is 25.7 Å². The van der Waals surface area contributed by atoms with Gasteiger partial charge in [0.1, 0.15) is 19.3 Å². The predicted molar refractivity (Wildman–Crippen MR) is 367 cm³/mol. The molecule has 0 fully saturated rings. The highest BCUT2D eigenvalue weighted by atomic mass is 31.2. The van der Waals surface area contributed by atoms with E-state index in [1.54, 1.807) is 0 Å². The molecule has 0 aliphatic carbocycles. The number of ether oxygens (including phenoxy) is 4. The molecule has 0 rings (SSSR count). The fourth-order valence-corrected chi connectivity index (χ4v) is 12.4. The topological polar surface area (TPSA) is 237 Å². The number of esters is 4. The van der Waals surface area contributed by atoms with Gasteiger partial charge in [-0.3, -0.25) is 37.3 Å². The molecule has 0 radical (unpaired) electrons. The molecular weight excluding hydrogens is 1200 g/mol. The summed E-state index contributed by atoms with van der Waals surface area (Å²) in [6.45, 7) is 14.0. The molecule has 0 saturated heterocycles. The minimum absolute atomic E-state index is 0.101. The Morgan fingerprint density at radius 1 is 0.308 bits per heavy atom. The first-order valence-electron chi connectivity index (χ1n) is 37.3. The Hall–Kier alpha value is -1.94. The highest BCUT2D eigenvalue weighted by Gasteiger charge is 2.30. The lowest BCUT2D eigenvalue weighted by atomic mass is 9.99. The van der Waals surface area contributed by atoms with Crippen molar-refractivity contribution in [1.82, 2.24) is 0 Å². The van der Waals surface area contributed by atoms with Crippen LogP contribution in [0.2, 0.25) is 0 Å². The molecule has 540 valence electrons. The molecule has 0 aromatic rings. The summed E-state index contributed by atoms with van der Waals surface area (Å²) in [6.07, 6.45) is 44.9. The Morgan fingerprint density at radius 3 is 0.780 bits per heavy atom. The summed E-state index contributed by atoms with van der Waals surface area (Å²) in [4.78, 5) is 72.5. The maximum atomic E-state index is 13.0. The minimum atomic E-state index is -4.95. The van der Waals surface area contributed by atoms with E-state index < -0.39 is 97.5 Å². The van der Waals surface area contributed by atoms with Crippen molar-refractivity contribution in [3.63, 3.8) is 0 Å². The first kappa shape index (κ1) is 89.1. The summed E-state index contributed by atoms with van der Waals surface area (Å²) in [5.74, 6) is 0.842. The zero-order chi connectivity index (χ0) is 67.5. The number of phosphoric ester groups is 2. The lowest BCUT2D eigenvalue weighted by Gasteiger charge is -2.21.